The van der Waals surface area contributed by atoms with Crippen LogP contribution in [0, 0.1) is 5.92 Å². The molecule has 0 spiro atoms. The normalized spacial score (nSPS) is 17.2. The van der Waals surface area contributed by atoms with Crippen LogP contribution in [0.4, 0.5) is 0 Å². The SMILES string of the molecule is CNCCC(=O)NC(C)(C)C1CC1. The van der Waals surface area contributed by atoms with E-state index in [9.17, 15) is 4.79 Å². The molecule has 3 heteroatoms. The lowest BCUT2D eigenvalue weighted by Crippen LogP contribution is -2.45. The van der Waals surface area contributed by atoms with Crippen molar-refractivity contribution >= 4 is 5.91 Å². The molecular weight excluding hydrogens is 164 g/mol. The van der Waals surface area contributed by atoms with Gasteiger partial charge in [-0.05, 0) is 39.7 Å². The van der Waals surface area contributed by atoms with Crippen molar-refractivity contribution in [2.75, 3.05) is 13.6 Å². The van der Waals surface area contributed by atoms with Gasteiger partial charge >= 0.3 is 0 Å². The van der Waals surface area contributed by atoms with E-state index in [-0.39, 0.29) is 11.4 Å². The highest BCUT2D eigenvalue weighted by Crippen LogP contribution is 2.39. The molecule has 0 unspecified atom stereocenters. The van der Waals surface area contributed by atoms with Crippen LogP contribution < -0.4 is 10.6 Å². The Balaban J connectivity index is 2.25. The molecule has 1 rings (SSSR count). The molecule has 1 aliphatic carbocycles. The molecule has 2 N–H and O–H groups in total. The van der Waals surface area contributed by atoms with E-state index in [1.165, 1.54) is 12.8 Å². The third-order valence-electron chi connectivity index (χ3n) is 2.66. The van der Waals surface area contributed by atoms with Gasteiger partial charge in [-0.15, -0.1) is 0 Å². The van der Waals surface area contributed by atoms with Crippen LogP contribution in [0.25, 0.3) is 0 Å². The molecule has 1 aliphatic rings. The fourth-order valence-corrected chi connectivity index (χ4v) is 1.57. The fraction of sp³-hybridized carbons (Fsp3) is 0.900. The second kappa shape index (κ2) is 4.09. The minimum atomic E-state index is 0.00479. The minimum Gasteiger partial charge on any atom is -0.351 e. The van der Waals surface area contributed by atoms with Crippen LogP contribution in [0.3, 0.4) is 0 Å². The van der Waals surface area contributed by atoms with Crippen molar-refractivity contribution in [1.82, 2.24) is 10.6 Å². The van der Waals surface area contributed by atoms with Crippen molar-refractivity contribution in [2.45, 2.75) is 38.6 Å². The smallest absolute Gasteiger partial charge is 0.221 e. The summed E-state index contributed by atoms with van der Waals surface area (Å²) in [6.07, 6.45) is 3.10. The highest BCUT2D eigenvalue weighted by molar-refractivity contribution is 5.77. The summed E-state index contributed by atoms with van der Waals surface area (Å²) in [6, 6.07) is 0. The summed E-state index contributed by atoms with van der Waals surface area (Å²) in [7, 11) is 1.86. The average molecular weight is 184 g/mol. The lowest BCUT2D eigenvalue weighted by Gasteiger charge is -2.26. The molecule has 0 aromatic heterocycles. The van der Waals surface area contributed by atoms with Crippen LogP contribution in [-0.2, 0) is 4.79 Å². The van der Waals surface area contributed by atoms with Crippen LogP contribution in [0.2, 0.25) is 0 Å². The first kappa shape index (κ1) is 10.5. The van der Waals surface area contributed by atoms with Crippen molar-refractivity contribution in [3.8, 4) is 0 Å². The fourth-order valence-electron chi connectivity index (χ4n) is 1.57. The lowest BCUT2D eigenvalue weighted by atomic mass is 9.98. The Bertz CT molecular complexity index is 185. The van der Waals surface area contributed by atoms with E-state index < -0.39 is 0 Å². The zero-order valence-electron chi connectivity index (χ0n) is 8.81. The second-order valence-electron chi connectivity index (χ2n) is 4.40. The molecule has 3 nitrogen and oxygen atoms in total. The molecular formula is C10H20N2O. The largest absolute Gasteiger partial charge is 0.351 e. The molecule has 0 atom stereocenters. The Morgan fingerprint density at radius 3 is 2.54 bits per heavy atom. The topological polar surface area (TPSA) is 41.1 Å². The highest BCUT2D eigenvalue weighted by atomic mass is 16.1. The maximum absolute atomic E-state index is 11.4. The first-order chi connectivity index (χ1) is 6.06. The molecule has 1 amide bonds. The monoisotopic (exact) mass is 184 g/mol. The van der Waals surface area contributed by atoms with Gasteiger partial charge in [-0.1, -0.05) is 0 Å². The third kappa shape index (κ3) is 3.35. The Kier molecular flexibility index (Phi) is 3.31. The van der Waals surface area contributed by atoms with E-state index in [2.05, 4.69) is 24.5 Å². The van der Waals surface area contributed by atoms with Gasteiger partial charge in [0.05, 0.1) is 0 Å². The summed E-state index contributed by atoms with van der Waals surface area (Å²) in [5, 5.41) is 6.04. The average Bonchev–Trinajstić information content (AvgIpc) is 2.81. The van der Waals surface area contributed by atoms with Crippen LogP contribution in [0.1, 0.15) is 33.1 Å². The summed E-state index contributed by atoms with van der Waals surface area (Å²) in [5.41, 5.74) is 0.00479. The molecule has 13 heavy (non-hydrogen) atoms. The Hall–Kier alpha value is -0.570. The highest BCUT2D eigenvalue weighted by Gasteiger charge is 2.38. The van der Waals surface area contributed by atoms with Gasteiger partial charge < -0.3 is 10.6 Å². The number of nitrogens with one attached hydrogen (secondary N) is 2. The number of hydrogen-bond donors (Lipinski definition) is 2. The molecule has 0 saturated heterocycles. The van der Waals surface area contributed by atoms with E-state index in [0.29, 0.717) is 12.3 Å². The van der Waals surface area contributed by atoms with Gasteiger partial charge in [0.2, 0.25) is 5.91 Å². The predicted octanol–water partition coefficient (Wildman–Crippen LogP) is 0.901. The lowest BCUT2D eigenvalue weighted by molar-refractivity contribution is -0.122. The molecule has 0 heterocycles. The third-order valence-corrected chi connectivity index (χ3v) is 2.66. The van der Waals surface area contributed by atoms with Crippen molar-refractivity contribution < 1.29 is 4.79 Å². The zero-order valence-corrected chi connectivity index (χ0v) is 8.81. The molecule has 1 saturated carbocycles. The van der Waals surface area contributed by atoms with Gasteiger partial charge in [0.15, 0.2) is 0 Å². The standard InChI is InChI=1S/C10H20N2O/c1-10(2,8-4-5-8)12-9(13)6-7-11-3/h8,11H,4-7H2,1-3H3,(H,12,13). The Morgan fingerprint density at radius 2 is 2.08 bits per heavy atom. The van der Waals surface area contributed by atoms with E-state index in [1.807, 2.05) is 7.05 Å². The quantitative estimate of drug-likeness (QED) is 0.666. The van der Waals surface area contributed by atoms with E-state index in [4.69, 9.17) is 0 Å². The van der Waals surface area contributed by atoms with Crippen molar-refractivity contribution in [3.63, 3.8) is 0 Å². The molecule has 0 aromatic rings. The van der Waals surface area contributed by atoms with Gasteiger partial charge in [-0.25, -0.2) is 0 Å². The molecule has 0 aromatic carbocycles. The maximum Gasteiger partial charge on any atom is 0.221 e. The van der Waals surface area contributed by atoms with Gasteiger partial charge in [0.25, 0.3) is 0 Å². The van der Waals surface area contributed by atoms with Gasteiger partial charge in [-0.2, -0.15) is 0 Å². The summed E-state index contributed by atoms with van der Waals surface area (Å²) in [5.74, 6) is 0.859. The van der Waals surface area contributed by atoms with E-state index in [1.54, 1.807) is 0 Å². The Labute approximate surface area is 80.3 Å². The number of carbonyl (C=O) groups excluding carboxylic acids is 1. The number of carbonyl (C=O) groups is 1. The minimum absolute atomic E-state index is 0.00479. The number of hydrogen-bond acceptors (Lipinski definition) is 2. The molecule has 0 bridgehead atoms. The first-order valence-corrected chi connectivity index (χ1v) is 5.02. The predicted molar refractivity (Wildman–Crippen MR) is 53.5 cm³/mol. The maximum atomic E-state index is 11.4. The number of amides is 1. The number of rotatable bonds is 5. The van der Waals surface area contributed by atoms with Crippen LogP contribution in [0.5, 0.6) is 0 Å². The van der Waals surface area contributed by atoms with E-state index in [0.717, 1.165) is 6.54 Å². The molecule has 1 fully saturated rings. The Morgan fingerprint density at radius 1 is 1.46 bits per heavy atom. The van der Waals surface area contributed by atoms with Crippen LogP contribution in [0.15, 0.2) is 0 Å². The van der Waals surface area contributed by atoms with Gasteiger partial charge in [-0.3, -0.25) is 4.79 Å². The van der Waals surface area contributed by atoms with Gasteiger partial charge in [0, 0.05) is 18.5 Å². The second-order valence-corrected chi connectivity index (χ2v) is 4.40. The summed E-state index contributed by atoms with van der Waals surface area (Å²) in [6.45, 7) is 4.98. The van der Waals surface area contributed by atoms with Crippen LogP contribution in [-0.4, -0.2) is 25.0 Å². The van der Waals surface area contributed by atoms with Crippen molar-refractivity contribution in [2.24, 2.45) is 5.92 Å². The summed E-state index contributed by atoms with van der Waals surface area (Å²) in [4.78, 5) is 11.4. The molecule has 0 radical (unpaired) electrons. The van der Waals surface area contributed by atoms with Crippen molar-refractivity contribution in [1.29, 1.82) is 0 Å². The van der Waals surface area contributed by atoms with E-state index >= 15 is 0 Å². The molecule has 76 valence electrons. The zero-order chi connectivity index (χ0) is 9.90. The van der Waals surface area contributed by atoms with Crippen molar-refractivity contribution in [3.05, 3.63) is 0 Å². The molecule has 0 aliphatic heterocycles. The summed E-state index contributed by atoms with van der Waals surface area (Å²) >= 11 is 0. The first-order valence-electron chi connectivity index (χ1n) is 5.02. The van der Waals surface area contributed by atoms with Crippen LogP contribution >= 0.6 is 0 Å². The summed E-state index contributed by atoms with van der Waals surface area (Å²) < 4.78 is 0. The van der Waals surface area contributed by atoms with Gasteiger partial charge in [0.1, 0.15) is 0 Å².